The molecule has 0 aliphatic rings. The van der Waals surface area contributed by atoms with Crippen LogP contribution in [-0.2, 0) is 9.53 Å². The molecule has 3 nitrogen and oxygen atoms in total. The number of halogens is 4. The molecular formula is C12H10F4O3. The van der Waals surface area contributed by atoms with Crippen LogP contribution in [-0.4, -0.2) is 19.7 Å². The average molecular weight is 278 g/mol. The largest absolute Gasteiger partial charge is 0.483 e. The third-order valence-electron chi connectivity index (χ3n) is 2.20. The Morgan fingerprint density at radius 3 is 2.21 bits per heavy atom. The van der Waals surface area contributed by atoms with Gasteiger partial charge in [0, 0.05) is 11.6 Å². The molecule has 19 heavy (non-hydrogen) atoms. The maximum atomic E-state index is 13.2. The van der Waals surface area contributed by atoms with Crippen LogP contribution in [0.25, 0.3) is 0 Å². The van der Waals surface area contributed by atoms with Crippen LogP contribution < -0.4 is 4.74 Å². The SMILES string of the molecule is COC(=O)/C(C)=C/COc1c(F)c(F)cc(F)c1F. The van der Waals surface area contributed by atoms with Crippen molar-refractivity contribution in [3.8, 4) is 5.75 Å². The van der Waals surface area contributed by atoms with E-state index in [9.17, 15) is 22.4 Å². The van der Waals surface area contributed by atoms with E-state index in [1.165, 1.54) is 6.92 Å². The third kappa shape index (κ3) is 3.46. The van der Waals surface area contributed by atoms with E-state index in [0.29, 0.717) is 0 Å². The van der Waals surface area contributed by atoms with Gasteiger partial charge in [0.15, 0.2) is 17.4 Å². The molecule has 0 fully saturated rings. The van der Waals surface area contributed by atoms with E-state index in [1.807, 2.05) is 0 Å². The molecule has 0 N–H and O–H groups in total. The zero-order chi connectivity index (χ0) is 14.6. The first-order chi connectivity index (χ1) is 8.88. The van der Waals surface area contributed by atoms with Crippen LogP contribution in [0.2, 0.25) is 0 Å². The van der Waals surface area contributed by atoms with Gasteiger partial charge in [0.2, 0.25) is 11.6 Å². The molecule has 104 valence electrons. The van der Waals surface area contributed by atoms with Crippen molar-refractivity contribution in [3.05, 3.63) is 41.0 Å². The predicted molar refractivity (Wildman–Crippen MR) is 57.5 cm³/mol. The highest BCUT2D eigenvalue weighted by atomic mass is 19.2. The van der Waals surface area contributed by atoms with Crippen LogP contribution >= 0.6 is 0 Å². The van der Waals surface area contributed by atoms with Crippen LogP contribution in [0, 0.1) is 23.3 Å². The Kier molecular flexibility index (Phi) is 4.91. The van der Waals surface area contributed by atoms with E-state index in [2.05, 4.69) is 9.47 Å². The number of carbonyl (C=O) groups excluding carboxylic acids is 1. The summed E-state index contributed by atoms with van der Waals surface area (Å²) in [7, 11) is 1.15. The number of benzene rings is 1. The lowest BCUT2D eigenvalue weighted by atomic mass is 10.3. The van der Waals surface area contributed by atoms with Gasteiger partial charge in [0.25, 0.3) is 0 Å². The second kappa shape index (κ2) is 6.21. The Morgan fingerprint density at radius 2 is 1.74 bits per heavy atom. The second-order valence-corrected chi connectivity index (χ2v) is 3.49. The van der Waals surface area contributed by atoms with E-state index in [-0.39, 0.29) is 11.6 Å². The molecule has 0 aliphatic heterocycles. The fraction of sp³-hybridized carbons (Fsp3) is 0.250. The highest BCUT2D eigenvalue weighted by molar-refractivity contribution is 5.87. The van der Waals surface area contributed by atoms with E-state index < -0.39 is 41.6 Å². The van der Waals surface area contributed by atoms with Gasteiger partial charge in [-0.1, -0.05) is 0 Å². The minimum atomic E-state index is -1.64. The van der Waals surface area contributed by atoms with Gasteiger partial charge in [-0.15, -0.1) is 0 Å². The molecule has 1 rings (SSSR count). The normalized spacial score (nSPS) is 11.4. The zero-order valence-corrected chi connectivity index (χ0v) is 10.1. The first-order valence-electron chi connectivity index (χ1n) is 5.09. The molecule has 0 spiro atoms. The van der Waals surface area contributed by atoms with Crippen molar-refractivity contribution in [2.24, 2.45) is 0 Å². The Morgan fingerprint density at radius 1 is 1.21 bits per heavy atom. The zero-order valence-electron chi connectivity index (χ0n) is 10.1. The summed E-state index contributed by atoms with van der Waals surface area (Å²) < 4.78 is 61.0. The molecule has 0 saturated carbocycles. The number of esters is 1. The third-order valence-corrected chi connectivity index (χ3v) is 2.20. The van der Waals surface area contributed by atoms with E-state index in [1.54, 1.807) is 0 Å². The smallest absolute Gasteiger partial charge is 0.333 e. The van der Waals surface area contributed by atoms with Crippen molar-refractivity contribution >= 4 is 5.97 Å². The highest BCUT2D eigenvalue weighted by Gasteiger charge is 2.20. The molecule has 0 atom stereocenters. The number of carbonyl (C=O) groups is 1. The number of ether oxygens (including phenoxy) is 2. The molecule has 0 radical (unpaired) electrons. The standard InChI is InChI=1S/C12H10F4O3/c1-6(12(17)18-2)3-4-19-11-9(15)7(13)5-8(14)10(11)16/h3,5H,4H2,1-2H3/b6-3+. The first kappa shape index (κ1) is 15.0. The van der Waals surface area contributed by atoms with Gasteiger partial charge in [-0.3, -0.25) is 0 Å². The molecule has 0 amide bonds. The van der Waals surface area contributed by atoms with Crippen LogP contribution in [0.4, 0.5) is 17.6 Å². The fourth-order valence-corrected chi connectivity index (χ4v) is 1.17. The van der Waals surface area contributed by atoms with Gasteiger partial charge in [0.1, 0.15) is 6.61 Å². The lowest BCUT2D eigenvalue weighted by Gasteiger charge is -2.07. The molecule has 0 bridgehead atoms. The molecule has 7 heteroatoms. The van der Waals surface area contributed by atoms with Gasteiger partial charge >= 0.3 is 5.97 Å². The number of methoxy groups -OCH3 is 1. The Hall–Kier alpha value is -2.05. The molecule has 0 aliphatic carbocycles. The molecule has 0 aromatic heterocycles. The summed E-state index contributed by atoms with van der Waals surface area (Å²) in [4.78, 5) is 11.0. The lowest BCUT2D eigenvalue weighted by Crippen LogP contribution is -2.06. The van der Waals surface area contributed by atoms with Crippen LogP contribution in [0.1, 0.15) is 6.92 Å². The topological polar surface area (TPSA) is 35.5 Å². The monoisotopic (exact) mass is 278 g/mol. The summed E-state index contributed by atoms with van der Waals surface area (Å²) in [6.07, 6.45) is 1.16. The predicted octanol–water partition coefficient (Wildman–Crippen LogP) is 2.74. The van der Waals surface area contributed by atoms with E-state index in [4.69, 9.17) is 0 Å². The van der Waals surface area contributed by atoms with Gasteiger partial charge in [-0.25, -0.2) is 13.6 Å². The molecule has 1 aromatic carbocycles. The van der Waals surface area contributed by atoms with Crippen molar-refractivity contribution in [1.82, 2.24) is 0 Å². The van der Waals surface area contributed by atoms with E-state index >= 15 is 0 Å². The van der Waals surface area contributed by atoms with Crippen molar-refractivity contribution < 1.29 is 31.8 Å². The van der Waals surface area contributed by atoms with Gasteiger partial charge in [-0.05, 0) is 13.0 Å². The fourth-order valence-electron chi connectivity index (χ4n) is 1.17. The summed E-state index contributed by atoms with van der Waals surface area (Å²) in [6.45, 7) is 0.936. The maximum absolute atomic E-state index is 13.2. The summed E-state index contributed by atoms with van der Waals surface area (Å²) in [6, 6.07) is 0.0765. The minimum absolute atomic E-state index is 0.0765. The molecule has 0 saturated heterocycles. The summed E-state index contributed by atoms with van der Waals surface area (Å²) in [5.41, 5.74) is 0.125. The first-order valence-corrected chi connectivity index (χ1v) is 5.09. The summed E-state index contributed by atoms with van der Waals surface area (Å²) in [5, 5.41) is 0. The Bertz CT molecular complexity index is 500. The summed E-state index contributed by atoms with van der Waals surface area (Å²) in [5.74, 6) is -8.24. The number of hydrogen-bond donors (Lipinski definition) is 0. The quantitative estimate of drug-likeness (QED) is 0.368. The molecule has 0 heterocycles. The van der Waals surface area contributed by atoms with Gasteiger partial charge < -0.3 is 9.47 Å². The Balaban J connectivity index is 2.87. The van der Waals surface area contributed by atoms with Gasteiger partial charge in [-0.2, -0.15) is 8.78 Å². The number of hydrogen-bond acceptors (Lipinski definition) is 3. The number of rotatable bonds is 4. The minimum Gasteiger partial charge on any atom is -0.483 e. The van der Waals surface area contributed by atoms with E-state index in [0.717, 1.165) is 13.2 Å². The maximum Gasteiger partial charge on any atom is 0.333 e. The highest BCUT2D eigenvalue weighted by Crippen LogP contribution is 2.26. The summed E-state index contributed by atoms with van der Waals surface area (Å²) >= 11 is 0. The van der Waals surface area contributed by atoms with Crippen LogP contribution in [0.15, 0.2) is 17.7 Å². The second-order valence-electron chi connectivity index (χ2n) is 3.49. The average Bonchev–Trinajstić information content (AvgIpc) is 2.39. The van der Waals surface area contributed by atoms with Crippen molar-refractivity contribution in [2.75, 3.05) is 13.7 Å². The van der Waals surface area contributed by atoms with Crippen molar-refractivity contribution in [2.45, 2.75) is 6.92 Å². The van der Waals surface area contributed by atoms with Crippen LogP contribution in [0.5, 0.6) is 5.75 Å². The Labute approximate surface area is 106 Å². The lowest BCUT2D eigenvalue weighted by molar-refractivity contribution is -0.136. The van der Waals surface area contributed by atoms with Crippen molar-refractivity contribution in [3.63, 3.8) is 0 Å². The van der Waals surface area contributed by atoms with Crippen LogP contribution in [0.3, 0.4) is 0 Å². The molecular weight excluding hydrogens is 268 g/mol. The molecule has 0 unspecified atom stereocenters. The van der Waals surface area contributed by atoms with Gasteiger partial charge in [0.05, 0.1) is 7.11 Å². The van der Waals surface area contributed by atoms with Crippen molar-refractivity contribution in [1.29, 1.82) is 0 Å². The molecule has 1 aromatic rings.